The minimum absolute atomic E-state index is 0.0205. The number of nitrogens with zero attached hydrogens (tertiary/aromatic N) is 1. The molecule has 0 radical (unpaired) electrons. The van der Waals surface area contributed by atoms with Crippen LogP contribution in [0.2, 0.25) is 0 Å². The van der Waals surface area contributed by atoms with Crippen molar-refractivity contribution in [1.82, 2.24) is 25.9 Å². The number of carboxylic acid groups (broad SMARTS) is 1. The van der Waals surface area contributed by atoms with Crippen LogP contribution in [-0.2, 0) is 25.6 Å². The summed E-state index contributed by atoms with van der Waals surface area (Å²) in [5.74, 6) is -3.29. The van der Waals surface area contributed by atoms with Crippen LogP contribution in [0.1, 0.15) is 32.9 Å². The molecule has 1 aromatic rings. The first-order valence-corrected chi connectivity index (χ1v) is 10.2. The zero-order chi connectivity index (χ0) is 22.8. The molecule has 11 nitrogen and oxygen atoms in total. The van der Waals surface area contributed by atoms with Crippen molar-refractivity contribution in [2.24, 2.45) is 11.7 Å². The second kappa shape index (κ2) is 12.2. The summed E-state index contributed by atoms with van der Waals surface area (Å²) in [5, 5.41) is 16.7. The Morgan fingerprint density at radius 3 is 2.33 bits per heavy atom. The summed E-state index contributed by atoms with van der Waals surface area (Å²) in [6, 6.07) is -4.01. The van der Waals surface area contributed by atoms with Gasteiger partial charge >= 0.3 is 5.97 Å². The van der Waals surface area contributed by atoms with E-state index in [1.165, 1.54) is 13.3 Å². The molecule has 30 heavy (non-hydrogen) atoms. The maximum Gasteiger partial charge on any atom is 0.326 e. The molecule has 0 aromatic carbocycles. The molecule has 0 fully saturated rings. The van der Waals surface area contributed by atoms with Gasteiger partial charge in [-0.1, -0.05) is 20.3 Å². The fourth-order valence-electron chi connectivity index (χ4n) is 2.54. The lowest BCUT2D eigenvalue weighted by Gasteiger charge is -2.24. The summed E-state index contributed by atoms with van der Waals surface area (Å²) in [5.41, 5.74) is 6.52. The van der Waals surface area contributed by atoms with Gasteiger partial charge in [0.05, 0.1) is 12.4 Å². The third-order valence-electron chi connectivity index (χ3n) is 4.68. The first-order valence-electron chi connectivity index (χ1n) is 9.58. The first-order chi connectivity index (χ1) is 14.1. The Balaban J connectivity index is 2.63. The fraction of sp³-hybridized carbons (Fsp3) is 0.611. The van der Waals surface area contributed by atoms with Crippen molar-refractivity contribution in [2.45, 2.75) is 57.8 Å². The number of carbonyl (C=O) groups is 4. The van der Waals surface area contributed by atoms with E-state index in [4.69, 9.17) is 5.73 Å². The smallest absolute Gasteiger partial charge is 0.326 e. The van der Waals surface area contributed by atoms with Gasteiger partial charge < -0.3 is 31.8 Å². The quantitative estimate of drug-likeness (QED) is 0.199. The van der Waals surface area contributed by atoms with Gasteiger partial charge in [0.2, 0.25) is 17.7 Å². The molecular formula is C18H30N6O5S. The number of hydrogen-bond donors (Lipinski definition) is 7. The lowest BCUT2D eigenvalue weighted by atomic mass is 9.99. The summed E-state index contributed by atoms with van der Waals surface area (Å²) in [6.45, 7) is 4.94. The van der Waals surface area contributed by atoms with E-state index >= 15 is 0 Å². The summed E-state index contributed by atoms with van der Waals surface area (Å²) in [7, 11) is 0. The number of aromatic amines is 1. The number of nitrogens with two attached hydrogens (primary N) is 1. The highest BCUT2D eigenvalue weighted by molar-refractivity contribution is 7.80. The van der Waals surface area contributed by atoms with Gasteiger partial charge in [0, 0.05) is 24.1 Å². The van der Waals surface area contributed by atoms with E-state index in [-0.39, 0.29) is 18.1 Å². The zero-order valence-electron chi connectivity index (χ0n) is 17.2. The van der Waals surface area contributed by atoms with Gasteiger partial charge in [0.15, 0.2) is 0 Å². The molecular weight excluding hydrogens is 412 g/mol. The number of rotatable bonds is 12. The molecule has 3 amide bonds. The molecule has 0 spiro atoms. The van der Waals surface area contributed by atoms with Crippen LogP contribution in [0.5, 0.6) is 0 Å². The summed E-state index contributed by atoms with van der Waals surface area (Å²) in [6.07, 6.45) is 3.77. The van der Waals surface area contributed by atoms with Crippen LogP contribution in [-0.4, -0.2) is 68.7 Å². The summed E-state index contributed by atoms with van der Waals surface area (Å²) in [4.78, 5) is 55.0. The molecule has 1 aromatic heterocycles. The largest absolute Gasteiger partial charge is 0.480 e. The molecule has 5 atom stereocenters. The number of carbonyl (C=O) groups excluding carboxylic acids is 3. The number of amides is 3. The van der Waals surface area contributed by atoms with E-state index in [2.05, 4.69) is 38.5 Å². The van der Waals surface area contributed by atoms with Gasteiger partial charge in [0.25, 0.3) is 0 Å². The molecule has 7 N–H and O–H groups in total. The highest BCUT2D eigenvalue weighted by Crippen LogP contribution is 2.08. The Bertz CT molecular complexity index is 729. The van der Waals surface area contributed by atoms with Gasteiger partial charge in [-0.25, -0.2) is 9.78 Å². The lowest BCUT2D eigenvalue weighted by Crippen LogP contribution is -2.57. The Labute approximate surface area is 180 Å². The number of nitrogens with one attached hydrogen (secondary N) is 4. The molecule has 1 heterocycles. The minimum Gasteiger partial charge on any atom is -0.480 e. The van der Waals surface area contributed by atoms with Gasteiger partial charge in [-0.3, -0.25) is 14.4 Å². The number of hydrogen-bond acceptors (Lipinski definition) is 7. The van der Waals surface area contributed by atoms with E-state index in [1.807, 2.05) is 6.92 Å². The Kier molecular flexibility index (Phi) is 10.3. The standard InChI is InChI=1S/C18H30N6O5S/c1-4-9(2)14(18(28)29)24-15(25)10(3)22-17(27)13(7-30)23-16(26)12(19)5-11-6-20-8-21-11/h6,8-10,12-14,30H,4-5,7,19H2,1-3H3,(H,20,21)(H,22,27)(H,23,26)(H,24,25)(H,28,29). The predicted molar refractivity (Wildman–Crippen MR) is 113 cm³/mol. The summed E-state index contributed by atoms with van der Waals surface area (Å²) < 4.78 is 0. The van der Waals surface area contributed by atoms with Crippen LogP contribution in [0, 0.1) is 5.92 Å². The normalized spacial score (nSPS) is 15.9. The maximum atomic E-state index is 12.4. The molecule has 168 valence electrons. The maximum absolute atomic E-state index is 12.4. The van der Waals surface area contributed by atoms with Crippen LogP contribution in [0.3, 0.4) is 0 Å². The van der Waals surface area contributed by atoms with Crippen molar-refractivity contribution in [3.8, 4) is 0 Å². The number of imidazole rings is 1. The van der Waals surface area contributed by atoms with Gasteiger partial charge in [-0.05, 0) is 12.8 Å². The Morgan fingerprint density at radius 1 is 1.17 bits per heavy atom. The van der Waals surface area contributed by atoms with Crippen molar-refractivity contribution >= 4 is 36.3 Å². The monoisotopic (exact) mass is 442 g/mol. The average Bonchev–Trinajstić information content (AvgIpc) is 3.21. The number of carboxylic acids is 1. The van der Waals surface area contributed by atoms with Crippen molar-refractivity contribution in [1.29, 1.82) is 0 Å². The molecule has 12 heteroatoms. The van der Waals surface area contributed by atoms with Crippen molar-refractivity contribution in [2.75, 3.05) is 5.75 Å². The number of aliphatic carboxylic acids is 1. The highest BCUT2D eigenvalue weighted by Gasteiger charge is 2.29. The Morgan fingerprint density at radius 2 is 1.83 bits per heavy atom. The average molecular weight is 443 g/mol. The van der Waals surface area contributed by atoms with Crippen LogP contribution in [0.25, 0.3) is 0 Å². The van der Waals surface area contributed by atoms with Crippen LogP contribution in [0.4, 0.5) is 0 Å². The molecule has 0 bridgehead atoms. The van der Waals surface area contributed by atoms with Crippen LogP contribution < -0.4 is 21.7 Å². The first kappa shape index (κ1) is 25.4. The van der Waals surface area contributed by atoms with Crippen LogP contribution >= 0.6 is 12.6 Å². The molecule has 0 saturated carbocycles. The third-order valence-corrected chi connectivity index (χ3v) is 5.04. The number of H-pyrrole nitrogens is 1. The second-order valence-corrected chi connectivity index (χ2v) is 7.44. The van der Waals surface area contributed by atoms with Crippen LogP contribution in [0.15, 0.2) is 12.5 Å². The van der Waals surface area contributed by atoms with E-state index in [1.54, 1.807) is 13.1 Å². The third kappa shape index (κ3) is 7.67. The SMILES string of the molecule is CCC(C)C(NC(=O)C(C)NC(=O)C(CS)NC(=O)C(N)Cc1cnc[nH]1)C(=O)O. The fourth-order valence-corrected chi connectivity index (χ4v) is 2.80. The van der Waals surface area contributed by atoms with Crippen molar-refractivity contribution in [3.63, 3.8) is 0 Å². The second-order valence-electron chi connectivity index (χ2n) is 7.07. The van der Waals surface area contributed by atoms with E-state index < -0.39 is 47.9 Å². The lowest BCUT2D eigenvalue weighted by molar-refractivity contribution is -0.143. The molecule has 1 rings (SSSR count). The number of thiol groups is 1. The molecule has 5 unspecified atom stereocenters. The molecule has 0 aliphatic heterocycles. The highest BCUT2D eigenvalue weighted by atomic mass is 32.1. The van der Waals surface area contributed by atoms with Crippen molar-refractivity contribution in [3.05, 3.63) is 18.2 Å². The zero-order valence-corrected chi connectivity index (χ0v) is 18.1. The van der Waals surface area contributed by atoms with Gasteiger partial charge in [-0.2, -0.15) is 12.6 Å². The van der Waals surface area contributed by atoms with Crippen molar-refractivity contribution < 1.29 is 24.3 Å². The predicted octanol–water partition coefficient (Wildman–Crippen LogP) is -1.19. The molecule has 0 aliphatic carbocycles. The van der Waals surface area contributed by atoms with E-state index in [9.17, 15) is 24.3 Å². The molecule has 0 saturated heterocycles. The van der Waals surface area contributed by atoms with Gasteiger partial charge in [-0.15, -0.1) is 0 Å². The van der Waals surface area contributed by atoms with E-state index in [0.29, 0.717) is 12.1 Å². The van der Waals surface area contributed by atoms with E-state index in [0.717, 1.165) is 0 Å². The topological polar surface area (TPSA) is 179 Å². The Hall–Kier alpha value is -2.60. The van der Waals surface area contributed by atoms with Gasteiger partial charge in [0.1, 0.15) is 18.1 Å². The minimum atomic E-state index is -1.15. The number of aromatic nitrogens is 2. The molecule has 0 aliphatic rings. The summed E-state index contributed by atoms with van der Waals surface area (Å²) >= 11 is 4.07.